The number of nitrogen functional groups attached to an aromatic ring is 1. The number of carbonyl (C=O) groups is 1. The molecule has 20 heavy (non-hydrogen) atoms. The average molecular weight is 310 g/mol. The smallest absolute Gasteiger partial charge is 0.253 e. The molecule has 0 radical (unpaired) electrons. The van der Waals surface area contributed by atoms with Crippen molar-refractivity contribution in [3.63, 3.8) is 0 Å². The summed E-state index contributed by atoms with van der Waals surface area (Å²) in [6, 6.07) is 12.2. The van der Waals surface area contributed by atoms with E-state index in [2.05, 4.69) is 10.7 Å². The Kier molecular flexibility index (Phi) is 4.84. The lowest BCUT2D eigenvalue weighted by Crippen LogP contribution is -2.25. The monoisotopic (exact) mass is 309 g/mol. The first-order valence-corrected chi connectivity index (χ1v) is 6.65. The van der Waals surface area contributed by atoms with Gasteiger partial charge in [0.25, 0.3) is 5.91 Å². The highest BCUT2D eigenvalue weighted by Gasteiger charge is 2.12. The second-order valence-electron chi connectivity index (χ2n) is 4.11. The summed E-state index contributed by atoms with van der Waals surface area (Å²) in [7, 11) is 0. The standard InChI is InChI=1S/C14H13Cl2N3O/c15-10-5-6-13(19-17)11(7-10)14(20)18-8-9-3-1-2-4-12(9)16/h1-7,19H,8,17H2,(H,18,20). The summed E-state index contributed by atoms with van der Waals surface area (Å²) in [4.78, 5) is 12.2. The molecule has 0 aliphatic rings. The van der Waals surface area contributed by atoms with Crippen LogP contribution in [-0.2, 0) is 6.54 Å². The van der Waals surface area contributed by atoms with Gasteiger partial charge in [0.05, 0.1) is 11.3 Å². The van der Waals surface area contributed by atoms with Crippen LogP contribution in [0.4, 0.5) is 5.69 Å². The van der Waals surface area contributed by atoms with E-state index in [1.54, 1.807) is 24.3 Å². The molecule has 0 aliphatic heterocycles. The van der Waals surface area contributed by atoms with Crippen LogP contribution < -0.4 is 16.6 Å². The minimum absolute atomic E-state index is 0.277. The number of nitrogens with one attached hydrogen (secondary N) is 2. The predicted molar refractivity (Wildman–Crippen MR) is 81.9 cm³/mol. The van der Waals surface area contributed by atoms with Gasteiger partial charge < -0.3 is 10.7 Å². The van der Waals surface area contributed by atoms with E-state index in [0.29, 0.717) is 27.8 Å². The highest BCUT2D eigenvalue weighted by atomic mass is 35.5. The first-order valence-electron chi connectivity index (χ1n) is 5.89. The summed E-state index contributed by atoms with van der Waals surface area (Å²) < 4.78 is 0. The van der Waals surface area contributed by atoms with Crippen molar-refractivity contribution >= 4 is 34.8 Å². The van der Waals surface area contributed by atoms with Crippen LogP contribution in [-0.4, -0.2) is 5.91 Å². The Morgan fingerprint density at radius 1 is 1.15 bits per heavy atom. The summed E-state index contributed by atoms with van der Waals surface area (Å²) in [6.45, 7) is 0.328. The van der Waals surface area contributed by atoms with Gasteiger partial charge in [0.1, 0.15) is 0 Å². The van der Waals surface area contributed by atoms with Crippen molar-refractivity contribution in [1.82, 2.24) is 5.32 Å². The third-order valence-corrected chi connectivity index (χ3v) is 3.38. The molecule has 0 atom stereocenters. The van der Waals surface area contributed by atoms with E-state index in [1.807, 2.05) is 18.2 Å². The molecule has 0 saturated carbocycles. The summed E-state index contributed by atoms with van der Waals surface area (Å²) in [5.74, 6) is 5.10. The SMILES string of the molecule is NNc1ccc(Cl)cc1C(=O)NCc1ccccc1Cl. The Morgan fingerprint density at radius 2 is 1.90 bits per heavy atom. The van der Waals surface area contributed by atoms with Gasteiger partial charge in [-0.3, -0.25) is 10.6 Å². The van der Waals surface area contributed by atoms with Crippen LogP contribution >= 0.6 is 23.2 Å². The maximum absolute atomic E-state index is 12.2. The Labute approximate surface area is 126 Å². The van der Waals surface area contributed by atoms with Crippen molar-refractivity contribution in [2.24, 2.45) is 5.84 Å². The number of amides is 1. The quantitative estimate of drug-likeness (QED) is 0.600. The second-order valence-corrected chi connectivity index (χ2v) is 4.95. The summed E-state index contributed by atoms with van der Waals surface area (Å²) in [5.41, 5.74) is 4.19. The molecular formula is C14H13Cl2N3O. The molecule has 1 amide bonds. The maximum Gasteiger partial charge on any atom is 0.253 e. The molecule has 6 heteroatoms. The van der Waals surface area contributed by atoms with Gasteiger partial charge in [-0.25, -0.2) is 0 Å². The van der Waals surface area contributed by atoms with Gasteiger partial charge in [-0.05, 0) is 29.8 Å². The number of hydrogen-bond acceptors (Lipinski definition) is 3. The summed E-state index contributed by atoms with van der Waals surface area (Å²) in [5, 5.41) is 3.85. The van der Waals surface area contributed by atoms with Gasteiger partial charge in [0, 0.05) is 16.6 Å². The number of carbonyl (C=O) groups excluding carboxylic acids is 1. The minimum Gasteiger partial charge on any atom is -0.348 e. The Bertz CT molecular complexity index is 632. The van der Waals surface area contributed by atoms with Gasteiger partial charge in [-0.15, -0.1) is 0 Å². The van der Waals surface area contributed by atoms with Crippen molar-refractivity contribution in [2.75, 3.05) is 5.43 Å². The van der Waals surface area contributed by atoms with Gasteiger partial charge in [0.2, 0.25) is 0 Å². The van der Waals surface area contributed by atoms with Gasteiger partial charge in [0.15, 0.2) is 0 Å². The van der Waals surface area contributed by atoms with E-state index in [0.717, 1.165) is 5.56 Å². The normalized spacial score (nSPS) is 10.2. The van der Waals surface area contributed by atoms with Crippen molar-refractivity contribution < 1.29 is 4.79 Å². The maximum atomic E-state index is 12.2. The third kappa shape index (κ3) is 3.42. The van der Waals surface area contributed by atoms with E-state index in [1.165, 1.54) is 0 Å². The van der Waals surface area contributed by atoms with Crippen molar-refractivity contribution in [2.45, 2.75) is 6.54 Å². The second kappa shape index (κ2) is 6.61. The largest absolute Gasteiger partial charge is 0.348 e. The fourth-order valence-electron chi connectivity index (χ4n) is 1.74. The van der Waals surface area contributed by atoms with E-state index in [9.17, 15) is 4.79 Å². The van der Waals surface area contributed by atoms with Crippen molar-refractivity contribution in [3.05, 3.63) is 63.6 Å². The molecule has 0 heterocycles. The van der Waals surface area contributed by atoms with Gasteiger partial charge in [-0.2, -0.15) is 0 Å². The fourth-order valence-corrected chi connectivity index (χ4v) is 2.12. The van der Waals surface area contributed by atoms with Crippen molar-refractivity contribution in [3.8, 4) is 0 Å². The molecule has 2 aromatic carbocycles. The lowest BCUT2D eigenvalue weighted by atomic mass is 10.1. The first kappa shape index (κ1) is 14.7. The van der Waals surface area contributed by atoms with E-state index >= 15 is 0 Å². The fraction of sp³-hybridized carbons (Fsp3) is 0.0714. The van der Waals surface area contributed by atoms with Gasteiger partial charge in [-0.1, -0.05) is 41.4 Å². The molecule has 2 aromatic rings. The molecule has 0 aliphatic carbocycles. The van der Waals surface area contributed by atoms with Crippen LogP contribution in [0.2, 0.25) is 10.0 Å². The highest BCUT2D eigenvalue weighted by Crippen LogP contribution is 2.20. The zero-order chi connectivity index (χ0) is 14.5. The van der Waals surface area contributed by atoms with Crippen LogP contribution in [0.25, 0.3) is 0 Å². The topological polar surface area (TPSA) is 67.1 Å². The number of halogens is 2. The first-order chi connectivity index (χ1) is 9.61. The predicted octanol–water partition coefficient (Wildman–Crippen LogP) is 3.21. The van der Waals surface area contributed by atoms with Gasteiger partial charge >= 0.3 is 0 Å². The van der Waals surface area contributed by atoms with E-state index < -0.39 is 0 Å². The lowest BCUT2D eigenvalue weighted by Gasteiger charge is -2.11. The lowest BCUT2D eigenvalue weighted by molar-refractivity contribution is 0.0951. The molecule has 0 spiro atoms. The Balaban J connectivity index is 2.13. The number of hydrazine groups is 1. The van der Waals surface area contributed by atoms with E-state index in [4.69, 9.17) is 29.0 Å². The number of anilines is 1. The van der Waals surface area contributed by atoms with Crippen molar-refractivity contribution in [1.29, 1.82) is 0 Å². The van der Waals surface area contributed by atoms with Crippen LogP contribution in [0, 0.1) is 0 Å². The Morgan fingerprint density at radius 3 is 2.60 bits per heavy atom. The number of hydrogen-bond donors (Lipinski definition) is 3. The zero-order valence-corrected chi connectivity index (χ0v) is 12.0. The number of rotatable bonds is 4. The molecule has 0 saturated heterocycles. The minimum atomic E-state index is -0.277. The number of benzene rings is 2. The molecule has 0 aromatic heterocycles. The molecule has 104 valence electrons. The molecule has 4 nitrogen and oxygen atoms in total. The van der Waals surface area contributed by atoms with Crippen LogP contribution in [0.3, 0.4) is 0 Å². The molecule has 0 bridgehead atoms. The van der Waals surface area contributed by atoms with Crippen LogP contribution in [0.1, 0.15) is 15.9 Å². The Hall–Kier alpha value is -1.75. The number of nitrogens with two attached hydrogens (primary N) is 1. The summed E-state index contributed by atoms with van der Waals surface area (Å²) in [6.07, 6.45) is 0. The molecular weight excluding hydrogens is 297 g/mol. The highest BCUT2D eigenvalue weighted by molar-refractivity contribution is 6.31. The molecule has 0 fully saturated rings. The molecule has 0 unspecified atom stereocenters. The zero-order valence-electron chi connectivity index (χ0n) is 10.5. The van der Waals surface area contributed by atoms with Crippen LogP contribution in [0.5, 0.6) is 0 Å². The molecule has 2 rings (SSSR count). The average Bonchev–Trinajstić information content (AvgIpc) is 2.46. The molecule has 4 N–H and O–H groups in total. The third-order valence-electron chi connectivity index (χ3n) is 2.78. The van der Waals surface area contributed by atoms with Crippen LogP contribution in [0.15, 0.2) is 42.5 Å². The van der Waals surface area contributed by atoms with E-state index in [-0.39, 0.29) is 5.91 Å². The summed E-state index contributed by atoms with van der Waals surface area (Å²) >= 11 is 11.9.